The fraction of sp³-hybridized carbons (Fsp3) is 0.409. The van der Waals surface area contributed by atoms with E-state index in [4.69, 9.17) is 41.4 Å². The van der Waals surface area contributed by atoms with Crippen LogP contribution in [0.15, 0.2) is 66.7 Å². The lowest BCUT2D eigenvalue weighted by Gasteiger charge is -2.24. The van der Waals surface area contributed by atoms with E-state index in [-0.39, 0.29) is 48.1 Å². The molecule has 1 aliphatic carbocycles. The molecule has 2 aliphatic rings. The minimum atomic E-state index is -5.08. The summed E-state index contributed by atoms with van der Waals surface area (Å²) in [5.41, 5.74) is 14.4. The number of nitrogens with one attached hydrogen (secondary N) is 6. The number of ether oxygens (including phenoxy) is 1. The number of nitrogens with zero attached hydrogens (tertiary/aromatic N) is 1. The Morgan fingerprint density at radius 1 is 0.754 bits per heavy atom. The van der Waals surface area contributed by atoms with Crippen molar-refractivity contribution in [3.8, 4) is 5.75 Å². The van der Waals surface area contributed by atoms with E-state index >= 15 is 0 Å². The number of guanidine groups is 1. The molecule has 3 aromatic carbocycles. The number of carboxylic acid groups (broad SMARTS) is 2. The number of amides is 5. The standard InChI is InChI=1S/C40H51N9O6.2C2HF3O2/c41-32(10-7-21-46-40(42)43)38(53)45-20-5-3-1-2-4-19-44-36(51)28-8-6-9-30(22-28)47-37(52)27-13-11-26(12-14-27)24-49(31-16-17-31)39(54)29-15-18-33-34(23-29)55-25-35(50)48-33;2*3-2(4,5)1(6)7/h6,8-9,11-15,18,22-23,31-32H,1-5,7,10,16-17,19-21,24-25,41H2,(H,44,51)(H,45,53)(H,47,52)(H,48,50)(H4,42,43,46);2*(H,6,7)/t32-;;/m0../s1. The number of unbranched alkanes of at least 4 members (excludes halogenated alkanes) is 4. The van der Waals surface area contributed by atoms with Crippen molar-refractivity contribution in [3.05, 3.63) is 89.0 Å². The van der Waals surface area contributed by atoms with E-state index in [0.29, 0.717) is 72.8 Å². The van der Waals surface area contributed by atoms with Crippen LogP contribution in [0.4, 0.5) is 37.7 Å². The smallest absolute Gasteiger partial charge is 0.482 e. The van der Waals surface area contributed by atoms with Crippen molar-refractivity contribution in [2.24, 2.45) is 11.5 Å². The summed E-state index contributed by atoms with van der Waals surface area (Å²) in [5.74, 6) is -6.21. The first-order valence-corrected chi connectivity index (χ1v) is 21.3. The summed E-state index contributed by atoms with van der Waals surface area (Å²) in [4.78, 5) is 82.7. The van der Waals surface area contributed by atoms with Crippen molar-refractivity contribution >= 4 is 58.8 Å². The van der Waals surface area contributed by atoms with Crippen molar-refractivity contribution in [3.63, 3.8) is 0 Å². The number of aliphatic carboxylic acids is 2. The maximum Gasteiger partial charge on any atom is 0.490 e. The van der Waals surface area contributed by atoms with E-state index in [1.807, 2.05) is 17.0 Å². The molecule has 0 saturated heterocycles. The van der Waals surface area contributed by atoms with Crippen LogP contribution < -0.4 is 42.8 Å². The number of nitrogens with two attached hydrogens (primary N) is 2. The molecule has 1 atom stereocenters. The summed E-state index contributed by atoms with van der Waals surface area (Å²) < 4.78 is 69.0. The molecule has 19 nitrogen and oxygen atoms in total. The predicted molar refractivity (Wildman–Crippen MR) is 237 cm³/mol. The van der Waals surface area contributed by atoms with Crippen LogP contribution in [0.2, 0.25) is 0 Å². The topological polar surface area (TPSA) is 308 Å². The predicted octanol–water partition coefficient (Wildman–Crippen LogP) is 4.73. The van der Waals surface area contributed by atoms with Gasteiger partial charge < -0.3 is 57.9 Å². The van der Waals surface area contributed by atoms with Crippen LogP contribution in [0, 0.1) is 5.41 Å². The molecule has 0 bridgehead atoms. The zero-order chi connectivity index (χ0) is 51.3. The molecule has 376 valence electrons. The van der Waals surface area contributed by atoms with Gasteiger partial charge in [-0.2, -0.15) is 26.3 Å². The number of hydrogen-bond acceptors (Lipinski definition) is 10. The number of carboxylic acids is 2. The molecule has 1 fully saturated rings. The Morgan fingerprint density at radius 2 is 1.32 bits per heavy atom. The monoisotopic (exact) mass is 981 g/mol. The minimum Gasteiger partial charge on any atom is -0.482 e. The molecule has 0 spiro atoms. The van der Waals surface area contributed by atoms with Crippen molar-refractivity contribution < 1.29 is 74.9 Å². The van der Waals surface area contributed by atoms with Gasteiger partial charge in [-0.3, -0.25) is 29.4 Å². The minimum absolute atomic E-state index is 0.0884. The molecule has 1 heterocycles. The van der Waals surface area contributed by atoms with Crippen LogP contribution in [-0.2, 0) is 25.7 Å². The number of carbonyl (C=O) groups excluding carboxylic acids is 5. The molecule has 3 aromatic rings. The van der Waals surface area contributed by atoms with Gasteiger partial charge in [0.05, 0.1) is 11.7 Å². The quantitative estimate of drug-likeness (QED) is 0.0317. The lowest BCUT2D eigenvalue weighted by molar-refractivity contribution is -0.193. The Kier molecular flexibility index (Phi) is 21.7. The molecule has 12 N–H and O–H groups in total. The van der Waals surface area contributed by atoms with E-state index in [1.54, 1.807) is 54.6 Å². The SMILES string of the molecule is N=C(N)NCCC[C@H](N)C(=O)NCCCCCCCNC(=O)c1cccc(NC(=O)c2ccc(CN(C(=O)c3ccc4c(c3)OCC(=O)N4)C3CC3)cc2)c1.O=C(O)C(F)(F)F.O=C(O)C(F)(F)F. The number of hydrogen-bond donors (Lipinski definition) is 10. The zero-order valence-corrected chi connectivity index (χ0v) is 36.9. The van der Waals surface area contributed by atoms with Crippen molar-refractivity contribution in [1.82, 2.24) is 20.9 Å². The third-order valence-corrected chi connectivity index (χ3v) is 9.83. The second-order valence-corrected chi connectivity index (χ2v) is 15.5. The molecule has 0 unspecified atom stereocenters. The highest BCUT2D eigenvalue weighted by Crippen LogP contribution is 2.33. The van der Waals surface area contributed by atoms with Crippen LogP contribution in [-0.4, -0.2) is 113 Å². The molecule has 0 radical (unpaired) electrons. The van der Waals surface area contributed by atoms with Crippen molar-refractivity contribution in [2.75, 3.05) is 36.9 Å². The summed E-state index contributed by atoms with van der Waals surface area (Å²) in [6, 6.07) is 18.5. The van der Waals surface area contributed by atoms with E-state index in [2.05, 4.69) is 26.6 Å². The van der Waals surface area contributed by atoms with Gasteiger partial charge in [0.1, 0.15) is 5.75 Å². The summed E-state index contributed by atoms with van der Waals surface area (Å²) in [6.07, 6.45) is -2.64. The van der Waals surface area contributed by atoms with Crippen molar-refractivity contribution in [1.29, 1.82) is 5.41 Å². The van der Waals surface area contributed by atoms with Crippen LogP contribution in [0.1, 0.15) is 94.4 Å². The number of alkyl halides is 6. The molecule has 25 heteroatoms. The highest BCUT2D eigenvalue weighted by atomic mass is 19.4. The Bertz CT molecular complexity index is 2250. The molecule has 5 rings (SSSR count). The van der Waals surface area contributed by atoms with Gasteiger partial charge in [-0.05, 0) is 92.6 Å². The molecular weight excluding hydrogens is 929 g/mol. The van der Waals surface area contributed by atoms with Gasteiger partial charge in [0.25, 0.3) is 23.6 Å². The number of benzene rings is 3. The van der Waals surface area contributed by atoms with E-state index in [1.165, 1.54) is 0 Å². The molecule has 0 aromatic heterocycles. The van der Waals surface area contributed by atoms with Crippen LogP contribution in [0.25, 0.3) is 0 Å². The number of carbonyl (C=O) groups is 7. The highest BCUT2D eigenvalue weighted by Gasteiger charge is 2.39. The Morgan fingerprint density at radius 3 is 1.90 bits per heavy atom. The maximum absolute atomic E-state index is 13.5. The van der Waals surface area contributed by atoms with E-state index in [9.17, 15) is 50.3 Å². The van der Waals surface area contributed by atoms with Gasteiger partial charge >= 0.3 is 24.3 Å². The summed E-state index contributed by atoms with van der Waals surface area (Å²) in [6.45, 7) is 1.89. The van der Waals surface area contributed by atoms with Gasteiger partial charge in [-0.1, -0.05) is 37.5 Å². The lowest BCUT2D eigenvalue weighted by Crippen LogP contribution is -2.41. The molecule has 1 saturated carbocycles. The first kappa shape index (κ1) is 55.9. The van der Waals surface area contributed by atoms with Gasteiger partial charge in [-0.15, -0.1) is 0 Å². The summed E-state index contributed by atoms with van der Waals surface area (Å²) in [5, 5.41) is 35.5. The Hall–Kier alpha value is -7.44. The number of fused-ring (bicyclic) bond motifs is 1. The second-order valence-electron chi connectivity index (χ2n) is 15.5. The Balaban J connectivity index is 0.000000782. The molecule has 1 aliphatic heterocycles. The first-order chi connectivity index (χ1) is 32.5. The number of anilines is 2. The van der Waals surface area contributed by atoms with E-state index < -0.39 is 30.3 Å². The van der Waals surface area contributed by atoms with Crippen molar-refractivity contribution in [2.45, 2.75) is 88.8 Å². The fourth-order valence-electron chi connectivity index (χ4n) is 6.13. The number of rotatable bonds is 20. The van der Waals surface area contributed by atoms with Gasteiger partial charge in [-0.25, -0.2) is 9.59 Å². The molecule has 69 heavy (non-hydrogen) atoms. The average molecular weight is 982 g/mol. The number of halogens is 6. The van der Waals surface area contributed by atoms with Crippen LogP contribution in [0.5, 0.6) is 5.75 Å². The maximum atomic E-state index is 13.5. The zero-order valence-electron chi connectivity index (χ0n) is 36.9. The van der Waals surface area contributed by atoms with E-state index in [0.717, 1.165) is 50.5 Å². The van der Waals surface area contributed by atoms with Crippen LogP contribution in [0.3, 0.4) is 0 Å². The normalized spacial score (nSPS) is 13.2. The Labute approximate surface area is 391 Å². The van der Waals surface area contributed by atoms with Gasteiger partial charge in [0, 0.05) is 54.6 Å². The fourth-order valence-corrected chi connectivity index (χ4v) is 6.13. The molecular formula is C44H53F6N9O10. The first-order valence-electron chi connectivity index (χ1n) is 21.3. The van der Waals surface area contributed by atoms with Gasteiger partial charge in [0.15, 0.2) is 12.6 Å². The third-order valence-electron chi connectivity index (χ3n) is 9.83. The lowest BCUT2D eigenvalue weighted by atomic mass is 10.1. The summed E-state index contributed by atoms with van der Waals surface area (Å²) >= 11 is 0. The van der Waals surface area contributed by atoms with Crippen LogP contribution >= 0.6 is 0 Å². The van der Waals surface area contributed by atoms with Gasteiger partial charge in [0.2, 0.25) is 5.91 Å². The largest absolute Gasteiger partial charge is 0.490 e. The average Bonchev–Trinajstić information content (AvgIpc) is 4.14. The second kappa shape index (κ2) is 26.8. The summed E-state index contributed by atoms with van der Waals surface area (Å²) in [7, 11) is 0. The highest BCUT2D eigenvalue weighted by molar-refractivity contribution is 6.05. The third kappa shape index (κ3) is 20.5. The molecule has 5 amide bonds.